The van der Waals surface area contributed by atoms with Gasteiger partial charge in [0.2, 0.25) is 0 Å². The maximum Gasteiger partial charge on any atom is 0.293 e. The standard InChI is InChI=1S/C22H24F3NO4/c1-22(2)15-11-7-6-10-14(15)18(27)19(30-22)17(26)16(12-28-21(25)20(23)24)29-13-8-4-3-5-9-13/h3-11,16-17,19-21H,12,26H2,1-2H3. The summed E-state index contributed by atoms with van der Waals surface area (Å²) in [5, 5.41) is 0. The number of hydrogen-bond acceptors (Lipinski definition) is 5. The number of fused-ring (bicyclic) bond motifs is 1. The van der Waals surface area contributed by atoms with Gasteiger partial charge in [0.1, 0.15) is 18.0 Å². The Balaban J connectivity index is 1.86. The Kier molecular flexibility index (Phi) is 6.80. The van der Waals surface area contributed by atoms with Crippen molar-refractivity contribution in [1.29, 1.82) is 0 Å². The summed E-state index contributed by atoms with van der Waals surface area (Å²) in [4.78, 5) is 13.1. The van der Waals surface area contributed by atoms with Crippen LogP contribution in [-0.2, 0) is 15.1 Å². The van der Waals surface area contributed by atoms with E-state index in [1.807, 2.05) is 0 Å². The second-order valence-electron chi connectivity index (χ2n) is 7.52. The van der Waals surface area contributed by atoms with Crippen molar-refractivity contribution >= 4 is 5.78 Å². The lowest BCUT2D eigenvalue weighted by Gasteiger charge is -2.40. The van der Waals surface area contributed by atoms with Crippen molar-refractivity contribution in [2.45, 2.75) is 50.5 Å². The number of carbonyl (C=O) groups is 1. The highest BCUT2D eigenvalue weighted by Crippen LogP contribution is 2.36. The lowest BCUT2D eigenvalue weighted by Crippen LogP contribution is -2.57. The summed E-state index contributed by atoms with van der Waals surface area (Å²) in [6.45, 7) is 3.02. The molecular formula is C22H24F3NO4. The number of alkyl halides is 3. The monoisotopic (exact) mass is 423 g/mol. The molecule has 0 saturated heterocycles. The molecule has 2 N–H and O–H groups in total. The third kappa shape index (κ3) is 4.83. The molecule has 2 aromatic rings. The quantitative estimate of drug-likeness (QED) is 0.698. The lowest BCUT2D eigenvalue weighted by atomic mass is 9.83. The molecule has 0 aromatic heterocycles. The molecule has 30 heavy (non-hydrogen) atoms. The topological polar surface area (TPSA) is 70.8 Å². The smallest absolute Gasteiger partial charge is 0.293 e. The number of Topliss-reactive ketones (excluding diaryl/α,β-unsaturated/α-hetero) is 1. The zero-order valence-corrected chi connectivity index (χ0v) is 16.6. The molecule has 0 saturated carbocycles. The van der Waals surface area contributed by atoms with Crippen LogP contribution in [-0.4, -0.2) is 43.4 Å². The molecule has 1 aliphatic heterocycles. The molecule has 5 nitrogen and oxygen atoms in total. The van der Waals surface area contributed by atoms with E-state index in [0.717, 1.165) is 5.56 Å². The Bertz CT molecular complexity index is 862. The zero-order valence-electron chi connectivity index (χ0n) is 16.6. The summed E-state index contributed by atoms with van der Waals surface area (Å²) in [6, 6.07) is 14.3. The van der Waals surface area contributed by atoms with Gasteiger partial charge in [-0.2, -0.15) is 0 Å². The van der Waals surface area contributed by atoms with Crippen LogP contribution in [0.1, 0.15) is 29.8 Å². The van der Waals surface area contributed by atoms with E-state index in [1.165, 1.54) is 0 Å². The Labute approximate surface area is 172 Å². The van der Waals surface area contributed by atoms with Crippen LogP contribution >= 0.6 is 0 Å². The second kappa shape index (κ2) is 9.16. The normalized spacial score (nSPS) is 21.0. The highest BCUT2D eigenvalue weighted by molar-refractivity contribution is 6.02. The van der Waals surface area contributed by atoms with Gasteiger partial charge in [0.05, 0.1) is 18.2 Å². The number of rotatable bonds is 8. The minimum atomic E-state index is -3.31. The Morgan fingerprint density at radius 2 is 1.70 bits per heavy atom. The van der Waals surface area contributed by atoms with Gasteiger partial charge in [0.25, 0.3) is 12.8 Å². The van der Waals surface area contributed by atoms with Crippen LogP contribution in [0.3, 0.4) is 0 Å². The average molecular weight is 423 g/mol. The van der Waals surface area contributed by atoms with Crippen LogP contribution < -0.4 is 10.5 Å². The van der Waals surface area contributed by atoms with Crippen LogP contribution in [0.25, 0.3) is 0 Å². The molecule has 4 atom stereocenters. The molecule has 1 heterocycles. The minimum absolute atomic E-state index is 0.357. The van der Waals surface area contributed by atoms with Crippen molar-refractivity contribution in [2.75, 3.05) is 6.61 Å². The number of hydrogen-bond donors (Lipinski definition) is 1. The van der Waals surface area contributed by atoms with Crippen molar-refractivity contribution in [3.63, 3.8) is 0 Å². The van der Waals surface area contributed by atoms with Crippen LogP contribution in [0.4, 0.5) is 13.2 Å². The Morgan fingerprint density at radius 3 is 2.37 bits per heavy atom. The molecule has 1 aliphatic rings. The molecular weight excluding hydrogens is 399 g/mol. The van der Waals surface area contributed by atoms with Gasteiger partial charge in [-0.3, -0.25) is 4.79 Å². The van der Waals surface area contributed by atoms with Gasteiger partial charge in [0, 0.05) is 5.56 Å². The van der Waals surface area contributed by atoms with Gasteiger partial charge in [0.15, 0.2) is 5.78 Å². The third-order valence-electron chi connectivity index (χ3n) is 4.95. The van der Waals surface area contributed by atoms with E-state index in [0.29, 0.717) is 11.3 Å². The fourth-order valence-electron chi connectivity index (χ4n) is 3.42. The molecule has 162 valence electrons. The predicted molar refractivity (Wildman–Crippen MR) is 104 cm³/mol. The van der Waals surface area contributed by atoms with Crippen LogP contribution in [0.2, 0.25) is 0 Å². The molecule has 0 spiro atoms. The van der Waals surface area contributed by atoms with Gasteiger partial charge in [-0.15, -0.1) is 0 Å². The van der Waals surface area contributed by atoms with Gasteiger partial charge in [-0.25, -0.2) is 13.2 Å². The van der Waals surface area contributed by atoms with E-state index in [4.69, 9.17) is 15.2 Å². The van der Waals surface area contributed by atoms with Crippen molar-refractivity contribution < 1.29 is 32.2 Å². The summed E-state index contributed by atoms with van der Waals surface area (Å²) >= 11 is 0. The molecule has 8 heteroatoms. The molecule has 2 aromatic carbocycles. The summed E-state index contributed by atoms with van der Waals surface area (Å²) in [6.07, 6.45) is -8.34. The number of nitrogens with two attached hydrogens (primary N) is 1. The van der Waals surface area contributed by atoms with E-state index < -0.39 is 43.2 Å². The van der Waals surface area contributed by atoms with E-state index in [-0.39, 0.29) is 5.78 Å². The largest absolute Gasteiger partial charge is 0.486 e. The van der Waals surface area contributed by atoms with Crippen LogP contribution in [0, 0.1) is 0 Å². The first-order chi connectivity index (χ1) is 14.2. The number of ketones is 1. The molecule has 0 fully saturated rings. The predicted octanol–water partition coefficient (Wildman–Crippen LogP) is 3.86. The van der Waals surface area contributed by atoms with Crippen molar-refractivity contribution in [2.24, 2.45) is 5.73 Å². The van der Waals surface area contributed by atoms with Gasteiger partial charge in [-0.1, -0.05) is 42.5 Å². The average Bonchev–Trinajstić information content (AvgIpc) is 2.73. The molecule has 0 bridgehead atoms. The SMILES string of the molecule is CC1(C)OC(C(N)C(COC(F)C(F)F)Oc2ccccc2)C(=O)c2ccccc21. The maximum absolute atomic E-state index is 13.4. The van der Waals surface area contributed by atoms with Crippen LogP contribution in [0.15, 0.2) is 54.6 Å². The Morgan fingerprint density at radius 1 is 1.07 bits per heavy atom. The highest BCUT2D eigenvalue weighted by atomic mass is 19.3. The summed E-state index contributed by atoms with van der Waals surface area (Å²) in [5.41, 5.74) is 6.67. The van der Waals surface area contributed by atoms with Crippen molar-refractivity contribution in [1.82, 2.24) is 0 Å². The Hall–Kier alpha value is -2.42. The second-order valence-corrected chi connectivity index (χ2v) is 7.52. The van der Waals surface area contributed by atoms with E-state index >= 15 is 0 Å². The fourth-order valence-corrected chi connectivity index (χ4v) is 3.42. The molecule has 3 rings (SSSR count). The van der Waals surface area contributed by atoms with Crippen LogP contribution in [0.5, 0.6) is 5.75 Å². The molecule has 0 amide bonds. The highest BCUT2D eigenvalue weighted by Gasteiger charge is 2.44. The van der Waals surface area contributed by atoms with E-state index in [1.54, 1.807) is 68.4 Å². The first-order valence-electron chi connectivity index (χ1n) is 9.53. The van der Waals surface area contributed by atoms with Crippen molar-refractivity contribution in [3.05, 3.63) is 65.7 Å². The first-order valence-corrected chi connectivity index (χ1v) is 9.53. The minimum Gasteiger partial charge on any atom is -0.486 e. The van der Waals surface area contributed by atoms with Gasteiger partial charge >= 0.3 is 0 Å². The number of halogens is 3. The molecule has 0 radical (unpaired) electrons. The van der Waals surface area contributed by atoms with Gasteiger partial charge in [-0.05, 0) is 31.5 Å². The third-order valence-corrected chi connectivity index (χ3v) is 4.95. The first kappa shape index (κ1) is 22.3. The number of benzene rings is 2. The molecule has 4 unspecified atom stereocenters. The lowest BCUT2D eigenvalue weighted by molar-refractivity contribution is -0.150. The summed E-state index contributed by atoms with van der Waals surface area (Å²) < 4.78 is 54.8. The molecule has 0 aliphatic carbocycles. The fraction of sp³-hybridized carbons (Fsp3) is 0.409. The zero-order chi connectivity index (χ0) is 21.9. The maximum atomic E-state index is 13.4. The number of para-hydroxylation sites is 1. The van der Waals surface area contributed by atoms with E-state index in [9.17, 15) is 18.0 Å². The summed E-state index contributed by atoms with van der Waals surface area (Å²) in [7, 11) is 0. The number of ether oxygens (including phenoxy) is 3. The van der Waals surface area contributed by atoms with E-state index in [2.05, 4.69) is 4.74 Å². The summed E-state index contributed by atoms with van der Waals surface area (Å²) in [5.74, 6) is 0.0154. The van der Waals surface area contributed by atoms with Gasteiger partial charge < -0.3 is 19.9 Å². The van der Waals surface area contributed by atoms with Crippen molar-refractivity contribution in [3.8, 4) is 5.75 Å². The number of carbonyl (C=O) groups excluding carboxylic acids is 1.